The molecule has 0 bridgehead atoms. The van der Waals surface area contributed by atoms with E-state index in [0.29, 0.717) is 0 Å². The van der Waals surface area contributed by atoms with Gasteiger partial charge in [0.25, 0.3) is 17.2 Å². The van der Waals surface area contributed by atoms with Gasteiger partial charge in [-0.2, -0.15) is 5.10 Å². The Hall–Kier alpha value is -4.23. The number of rotatable bonds is 7. The number of nitro groups is 1. The van der Waals surface area contributed by atoms with E-state index in [1.54, 1.807) is 0 Å². The molecule has 1 aromatic carbocycles. The number of methoxy groups -OCH3 is 1. The van der Waals surface area contributed by atoms with E-state index in [-0.39, 0.29) is 17.1 Å². The number of H-pyrrole nitrogens is 2. The highest BCUT2D eigenvalue weighted by Crippen LogP contribution is 2.33. The number of anilines is 1. The van der Waals surface area contributed by atoms with Gasteiger partial charge in [0.05, 0.1) is 18.2 Å². The molecule has 28 heavy (non-hydrogen) atoms. The highest BCUT2D eigenvalue weighted by atomic mass is 16.6. The number of nitrogens with zero attached hydrogens (tertiary/aromatic N) is 3. The number of ether oxygens (including phenoxy) is 1. The lowest BCUT2D eigenvalue weighted by molar-refractivity contribution is -0.398. The van der Waals surface area contributed by atoms with Crippen molar-refractivity contribution in [2.75, 3.05) is 12.4 Å². The van der Waals surface area contributed by atoms with Crippen LogP contribution in [-0.4, -0.2) is 45.4 Å². The Balaban J connectivity index is 2.08. The Morgan fingerprint density at radius 3 is 2.75 bits per heavy atom. The molecule has 1 unspecified atom stereocenters. The number of hydrogen-bond acceptors (Lipinski definition) is 10. The van der Waals surface area contributed by atoms with Gasteiger partial charge in [-0.1, -0.05) is 0 Å². The van der Waals surface area contributed by atoms with Crippen LogP contribution < -0.4 is 31.8 Å². The van der Waals surface area contributed by atoms with Gasteiger partial charge < -0.3 is 15.2 Å². The second-order valence-corrected chi connectivity index (χ2v) is 5.28. The number of carbonyl (C=O) groups is 1. The fraction of sp³-hybridized carbons (Fsp3) is 0.214. The summed E-state index contributed by atoms with van der Waals surface area (Å²) < 4.78 is 4.79. The van der Waals surface area contributed by atoms with E-state index in [1.165, 1.54) is 20.1 Å². The van der Waals surface area contributed by atoms with Crippen LogP contribution in [0.2, 0.25) is 0 Å². The van der Waals surface area contributed by atoms with Gasteiger partial charge in [0.1, 0.15) is 11.8 Å². The molecule has 0 spiro atoms. The Bertz CT molecular complexity index is 1040. The normalized spacial score (nSPS) is 11.8. The quantitative estimate of drug-likeness (QED) is 0.242. The minimum Gasteiger partial charge on any atom is -0.865 e. The van der Waals surface area contributed by atoms with Gasteiger partial charge in [-0.25, -0.2) is 15.3 Å². The third-order valence-corrected chi connectivity index (χ3v) is 3.32. The SMILES string of the molecule is COc1cc(C=NNC(=O)C(C)Nc2n[nH]c(=O)[nH]c2=O)cc([N+](=O)[O-])c1[O-]. The van der Waals surface area contributed by atoms with Crippen molar-refractivity contribution in [3.05, 3.63) is 48.6 Å². The molecule has 0 aliphatic heterocycles. The molecular weight excluding hydrogens is 378 g/mol. The van der Waals surface area contributed by atoms with E-state index in [4.69, 9.17) is 4.74 Å². The summed E-state index contributed by atoms with van der Waals surface area (Å²) in [7, 11) is 1.18. The number of carbonyl (C=O) groups excluding carboxylic acids is 1. The van der Waals surface area contributed by atoms with Crippen LogP contribution in [0.25, 0.3) is 0 Å². The Morgan fingerprint density at radius 1 is 1.43 bits per heavy atom. The van der Waals surface area contributed by atoms with Crippen molar-refractivity contribution in [1.29, 1.82) is 0 Å². The van der Waals surface area contributed by atoms with Gasteiger partial charge in [-0.15, -0.1) is 5.10 Å². The van der Waals surface area contributed by atoms with Crippen LogP contribution in [0.4, 0.5) is 11.5 Å². The predicted molar refractivity (Wildman–Crippen MR) is 93.4 cm³/mol. The van der Waals surface area contributed by atoms with Crippen LogP contribution >= 0.6 is 0 Å². The maximum absolute atomic E-state index is 12.0. The summed E-state index contributed by atoms with van der Waals surface area (Å²) in [6.07, 6.45) is 1.07. The molecule has 0 saturated heterocycles. The van der Waals surface area contributed by atoms with Gasteiger partial charge in [0, 0.05) is 17.4 Å². The van der Waals surface area contributed by atoms with Gasteiger partial charge in [-0.05, 0) is 13.0 Å². The minimum absolute atomic E-state index is 0.141. The zero-order valence-electron chi connectivity index (χ0n) is 14.5. The number of nitrogens with one attached hydrogen (secondary N) is 4. The van der Waals surface area contributed by atoms with E-state index < -0.39 is 39.6 Å². The number of hydrogen-bond donors (Lipinski definition) is 4. The van der Waals surface area contributed by atoms with E-state index in [2.05, 4.69) is 20.9 Å². The van der Waals surface area contributed by atoms with Gasteiger partial charge >= 0.3 is 5.69 Å². The molecule has 2 aromatic rings. The number of benzene rings is 1. The van der Waals surface area contributed by atoms with Crippen molar-refractivity contribution in [1.82, 2.24) is 20.6 Å². The molecule has 0 aliphatic carbocycles. The van der Waals surface area contributed by atoms with Crippen molar-refractivity contribution >= 4 is 23.6 Å². The molecule has 1 atom stereocenters. The first-order valence-corrected chi connectivity index (χ1v) is 7.54. The fourth-order valence-electron chi connectivity index (χ4n) is 1.95. The highest BCUT2D eigenvalue weighted by Gasteiger charge is 2.15. The first-order valence-electron chi connectivity index (χ1n) is 7.54. The molecule has 0 saturated carbocycles. The Kier molecular flexibility index (Phi) is 6.05. The summed E-state index contributed by atoms with van der Waals surface area (Å²) in [5.41, 5.74) is -0.0275. The molecule has 4 N–H and O–H groups in total. The maximum atomic E-state index is 12.0. The summed E-state index contributed by atoms with van der Waals surface area (Å²) in [5.74, 6) is -2.09. The van der Waals surface area contributed by atoms with Crippen LogP contribution in [0.15, 0.2) is 26.8 Å². The van der Waals surface area contributed by atoms with E-state index >= 15 is 0 Å². The van der Waals surface area contributed by atoms with Crippen LogP contribution in [0, 0.1) is 10.1 Å². The number of nitro benzene ring substituents is 1. The molecule has 14 nitrogen and oxygen atoms in total. The van der Waals surface area contributed by atoms with Gasteiger partial charge in [0.2, 0.25) is 5.82 Å². The molecule has 0 fully saturated rings. The second-order valence-electron chi connectivity index (χ2n) is 5.28. The van der Waals surface area contributed by atoms with Gasteiger partial charge in [0.15, 0.2) is 0 Å². The monoisotopic (exact) mass is 392 g/mol. The van der Waals surface area contributed by atoms with Crippen LogP contribution in [0.5, 0.6) is 11.5 Å². The summed E-state index contributed by atoms with van der Waals surface area (Å²) in [6, 6.07) is 1.23. The smallest absolute Gasteiger partial charge is 0.342 e. The molecular formula is C14H14N7O7-. The van der Waals surface area contributed by atoms with Crippen molar-refractivity contribution in [3.63, 3.8) is 0 Å². The first-order chi connectivity index (χ1) is 13.2. The number of aromatic amines is 2. The number of aromatic nitrogens is 3. The zero-order chi connectivity index (χ0) is 20.8. The molecule has 14 heteroatoms. The molecule has 0 aliphatic rings. The Labute approximate surface area is 155 Å². The molecule has 148 valence electrons. The van der Waals surface area contributed by atoms with Crippen LogP contribution in [0.1, 0.15) is 12.5 Å². The summed E-state index contributed by atoms with van der Waals surface area (Å²) >= 11 is 0. The molecule has 0 radical (unpaired) electrons. The average molecular weight is 392 g/mol. The lowest BCUT2D eigenvalue weighted by Gasteiger charge is -2.13. The van der Waals surface area contributed by atoms with Crippen molar-refractivity contribution in [3.8, 4) is 11.5 Å². The number of amides is 1. The molecule has 1 amide bonds. The third-order valence-electron chi connectivity index (χ3n) is 3.32. The number of hydrazone groups is 1. The van der Waals surface area contributed by atoms with E-state index in [0.717, 1.165) is 12.3 Å². The van der Waals surface area contributed by atoms with E-state index in [9.17, 15) is 29.6 Å². The minimum atomic E-state index is -0.968. The lowest BCUT2D eigenvalue weighted by Crippen LogP contribution is -2.38. The van der Waals surface area contributed by atoms with Crippen molar-refractivity contribution in [2.45, 2.75) is 13.0 Å². The fourth-order valence-corrected chi connectivity index (χ4v) is 1.95. The molecule has 2 rings (SSSR count). The molecule has 1 heterocycles. The van der Waals surface area contributed by atoms with Crippen LogP contribution in [-0.2, 0) is 4.79 Å². The van der Waals surface area contributed by atoms with Crippen molar-refractivity contribution in [2.24, 2.45) is 5.10 Å². The van der Waals surface area contributed by atoms with Crippen molar-refractivity contribution < 1.29 is 19.6 Å². The topological polar surface area (TPSA) is 208 Å². The predicted octanol–water partition coefficient (Wildman–Crippen LogP) is -1.60. The standard InChI is InChI=1S/C14H15N7O7/c1-6(16-11-13(24)17-14(25)20-18-11)12(23)19-15-5-7-3-8(21(26)27)10(22)9(4-7)28-2/h3-6,22H,1-2H3,(H,16,18)(H,19,23)(H2,17,20,24,25)/p-1. The van der Waals surface area contributed by atoms with E-state index in [1.807, 2.05) is 10.1 Å². The summed E-state index contributed by atoms with van der Waals surface area (Å²) in [5, 5.41) is 34.2. The summed E-state index contributed by atoms with van der Waals surface area (Å²) in [6.45, 7) is 1.40. The first kappa shape index (κ1) is 20.1. The van der Waals surface area contributed by atoms with Gasteiger partial charge in [-0.3, -0.25) is 24.7 Å². The average Bonchev–Trinajstić information content (AvgIpc) is 2.64. The summed E-state index contributed by atoms with van der Waals surface area (Å²) in [4.78, 5) is 46.4. The maximum Gasteiger partial charge on any atom is 0.342 e. The Morgan fingerprint density at radius 2 is 2.14 bits per heavy atom. The van der Waals surface area contributed by atoms with Crippen LogP contribution in [0.3, 0.4) is 0 Å². The highest BCUT2D eigenvalue weighted by molar-refractivity contribution is 5.87. The second kappa shape index (κ2) is 8.43. The zero-order valence-corrected chi connectivity index (χ0v) is 14.5. The third kappa shape index (κ3) is 4.69. The largest absolute Gasteiger partial charge is 0.865 e. The lowest BCUT2D eigenvalue weighted by atomic mass is 10.2. The molecule has 1 aromatic heterocycles.